The Labute approximate surface area is 178 Å². The van der Waals surface area contributed by atoms with E-state index in [1.807, 2.05) is 13.8 Å². The van der Waals surface area contributed by atoms with Gasteiger partial charge in [0, 0.05) is 12.1 Å². The molecule has 6 N–H and O–H groups in total. The average molecular weight is 447 g/mol. The number of carboxylic acid groups (broad SMARTS) is 5. The van der Waals surface area contributed by atoms with Gasteiger partial charge in [-0.15, -0.1) is 0 Å². The van der Waals surface area contributed by atoms with Gasteiger partial charge in [-0.25, -0.2) is 0 Å². The lowest BCUT2D eigenvalue weighted by molar-refractivity contribution is -0.143. The summed E-state index contributed by atoms with van der Waals surface area (Å²) in [6.07, 6.45) is -0.178. The van der Waals surface area contributed by atoms with Crippen LogP contribution in [0.1, 0.15) is 57.3 Å². The molecule has 0 aliphatic rings. The third-order valence-corrected chi connectivity index (χ3v) is 2.83. The second-order valence-electron chi connectivity index (χ2n) is 5.59. The normalized spacial score (nSPS) is 8.74. The van der Waals surface area contributed by atoms with Crippen molar-refractivity contribution in [3.05, 3.63) is 23.5 Å². The Morgan fingerprint density at radius 2 is 1.03 bits per heavy atom. The molecule has 0 saturated carbocycles. The molecule has 1 rings (SSSR count). The van der Waals surface area contributed by atoms with E-state index in [9.17, 15) is 29.1 Å². The summed E-state index contributed by atoms with van der Waals surface area (Å²) in [5, 5.41) is 48.5. The molecule has 12 heteroatoms. The molecule has 0 amide bonds. The number of carboxylic acids is 5. The molecule has 1 heterocycles. The molecule has 0 radical (unpaired) electrons. The number of aromatic nitrogens is 1. The minimum Gasteiger partial charge on any atom is -0.506 e. The molecule has 0 saturated heterocycles. The molecule has 0 unspecified atom stereocenters. The smallest absolute Gasteiger partial charge is 0.303 e. The van der Waals surface area contributed by atoms with E-state index in [1.165, 1.54) is 0 Å². The van der Waals surface area contributed by atoms with E-state index >= 15 is 0 Å². The third-order valence-electron chi connectivity index (χ3n) is 2.83. The average Bonchev–Trinajstić information content (AvgIpc) is 2.68. The SMILES string of the molecule is CCC(=O)O.CCc1nc(C)ccc1O.O=C(O)CCC(=O)O.O=C(O)CCC(=O)O. The minimum absolute atomic E-state index is 0.222. The fourth-order valence-corrected chi connectivity index (χ4v) is 1.29. The van der Waals surface area contributed by atoms with Gasteiger partial charge in [-0.1, -0.05) is 13.8 Å². The highest BCUT2D eigenvalue weighted by molar-refractivity contribution is 5.75. The van der Waals surface area contributed by atoms with Crippen LogP contribution in [0.15, 0.2) is 12.1 Å². The van der Waals surface area contributed by atoms with Gasteiger partial charge < -0.3 is 30.6 Å². The predicted molar refractivity (Wildman–Crippen MR) is 107 cm³/mol. The van der Waals surface area contributed by atoms with Crippen molar-refractivity contribution in [3.63, 3.8) is 0 Å². The number of hydrogen-bond donors (Lipinski definition) is 6. The standard InChI is InChI=1S/C8H11NO.2C4H6O4.C3H6O2/c1-3-7-8(10)5-4-6(2)9-7;2*5-3(6)1-2-4(7)8;1-2-3(4)5/h4-5,10H,3H2,1-2H3;2*1-2H2,(H,5,6)(H,7,8);2H2,1H3,(H,4,5). The number of aromatic hydroxyl groups is 1. The van der Waals surface area contributed by atoms with E-state index in [4.69, 9.17) is 25.5 Å². The highest BCUT2D eigenvalue weighted by Crippen LogP contribution is 2.14. The van der Waals surface area contributed by atoms with Crippen molar-refractivity contribution in [2.24, 2.45) is 0 Å². The van der Waals surface area contributed by atoms with Gasteiger partial charge in [-0.3, -0.25) is 29.0 Å². The largest absolute Gasteiger partial charge is 0.506 e. The van der Waals surface area contributed by atoms with Crippen LogP contribution in [0.4, 0.5) is 0 Å². The van der Waals surface area contributed by atoms with E-state index in [0.717, 1.165) is 17.8 Å². The van der Waals surface area contributed by atoms with Crippen LogP contribution in [0.3, 0.4) is 0 Å². The van der Waals surface area contributed by atoms with Gasteiger partial charge in [0.05, 0.1) is 31.4 Å². The van der Waals surface area contributed by atoms with Crippen LogP contribution >= 0.6 is 0 Å². The Balaban J connectivity index is -0.000000347. The lowest BCUT2D eigenvalue weighted by Crippen LogP contribution is -2.00. The van der Waals surface area contributed by atoms with Crippen molar-refractivity contribution in [2.75, 3.05) is 0 Å². The highest BCUT2D eigenvalue weighted by atomic mass is 16.4. The number of hydrogen-bond acceptors (Lipinski definition) is 7. The van der Waals surface area contributed by atoms with Gasteiger partial charge in [-0.2, -0.15) is 0 Å². The Hall–Kier alpha value is -3.70. The maximum absolute atomic E-state index is 9.64. The number of aryl methyl sites for hydroxylation is 2. The fraction of sp³-hybridized carbons (Fsp3) is 0.474. The van der Waals surface area contributed by atoms with E-state index in [1.54, 1.807) is 19.1 Å². The van der Waals surface area contributed by atoms with Crippen LogP contribution in [-0.4, -0.2) is 65.5 Å². The first-order valence-electron chi connectivity index (χ1n) is 9.01. The molecular formula is C19H29NO11. The molecule has 31 heavy (non-hydrogen) atoms. The maximum atomic E-state index is 9.64. The Bertz CT molecular complexity index is 661. The number of nitrogens with zero attached hydrogens (tertiary/aromatic N) is 1. The number of carbonyl (C=O) groups is 5. The maximum Gasteiger partial charge on any atom is 0.303 e. The molecule has 0 aliphatic heterocycles. The summed E-state index contributed by atoms with van der Waals surface area (Å²) in [7, 11) is 0. The van der Waals surface area contributed by atoms with Crippen molar-refractivity contribution >= 4 is 29.8 Å². The summed E-state index contributed by atoms with van der Waals surface area (Å²) in [5.41, 5.74) is 1.73. The van der Waals surface area contributed by atoms with Crippen molar-refractivity contribution in [1.82, 2.24) is 4.98 Å². The Morgan fingerprint density at radius 3 is 1.23 bits per heavy atom. The zero-order chi connectivity index (χ0) is 25.0. The predicted octanol–water partition coefficient (Wildman–Crippen LogP) is 2.01. The third kappa shape index (κ3) is 28.6. The first-order chi connectivity index (χ1) is 14.3. The van der Waals surface area contributed by atoms with Crippen molar-refractivity contribution in [3.8, 4) is 5.75 Å². The van der Waals surface area contributed by atoms with Gasteiger partial charge >= 0.3 is 29.8 Å². The van der Waals surface area contributed by atoms with Crippen LogP contribution < -0.4 is 0 Å². The lowest BCUT2D eigenvalue weighted by Gasteiger charge is -1.99. The lowest BCUT2D eigenvalue weighted by atomic mass is 10.2. The minimum atomic E-state index is -1.08. The summed E-state index contributed by atoms with van der Waals surface area (Å²) < 4.78 is 0. The highest BCUT2D eigenvalue weighted by Gasteiger charge is 2.01. The molecule has 0 aromatic carbocycles. The zero-order valence-electron chi connectivity index (χ0n) is 17.6. The van der Waals surface area contributed by atoms with Gasteiger partial charge in [0.15, 0.2) is 0 Å². The van der Waals surface area contributed by atoms with E-state index in [0.29, 0.717) is 5.75 Å². The van der Waals surface area contributed by atoms with Gasteiger partial charge in [0.1, 0.15) is 5.75 Å². The zero-order valence-corrected chi connectivity index (χ0v) is 17.6. The van der Waals surface area contributed by atoms with E-state index < -0.39 is 29.8 Å². The Morgan fingerprint density at radius 1 is 0.710 bits per heavy atom. The summed E-state index contributed by atoms with van der Waals surface area (Å²) in [5.74, 6) is -4.75. The summed E-state index contributed by atoms with van der Waals surface area (Å²) in [6, 6.07) is 3.48. The molecule has 0 atom stereocenters. The fourth-order valence-electron chi connectivity index (χ4n) is 1.29. The van der Waals surface area contributed by atoms with Crippen LogP contribution in [-0.2, 0) is 30.4 Å². The molecular weight excluding hydrogens is 418 g/mol. The number of aliphatic carboxylic acids is 5. The van der Waals surface area contributed by atoms with Crippen molar-refractivity contribution in [1.29, 1.82) is 0 Å². The van der Waals surface area contributed by atoms with Crippen LogP contribution in [0, 0.1) is 6.92 Å². The van der Waals surface area contributed by atoms with Crippen molar-refractivity contribution < 1.29 is 54.6 Å². The molecule has 176 valence electrons. The summed E-state index contributed by atoms with van der Waals surface area (Å²) >= 11 is 0. The van der Waals surface area contributed by atoms with Crippen LogP contribution in [0.2, 0.25) is 0 Å². The quantitative estimate of drug-likeness (QED) is 0.337. The van der Waals surface area contributed by atoms with E-state index in [2.05, 4.69) is 4.98 Å². The number of rotatable bonds is 8. The van der Waals surface area contributed by atoms with Gasteiger partial charge in [0.2, 0.25) is 0 Å². The van der Waals surface area contributed by atoms with Crippen LogP contribution in [0.25, 0.3) is 0 Å². The molecule has 0 bridgehead atoms. The molecule has 0 fully saturated rings. The topological polar surface area (TPSA) is 220 Å². The first kappa shape index (κ1) is 32.0. The molecule has 0 spiro atoms. The summed E-state index contributed by atoms with van der Waals surface area (Å²) in [4.78, 5) is 52.1. The van der Waals surface area contributed by atoms with Gasteiger partial charge in [-0.05, 0) is 25.5 Å². The second-order valence-corrected chi connectivity index (χ2v) is 5.59. The molecule has 1 aromatic heterocycles. The number of pyridine rings is 1. The Kier molecular flexibility index (Phi) is 20.2. The molecule has 1 aromatic rings. The second kappa shape index (κ2) is 19.6. The first-order valence-corrected chi connectivity index (χ1v) is 9.01. The van der Waals surface area contributed by atoms with Crippen LogP contribution in [0.5, 0.6) is 5.75 Å². The molecule has 12 nitrogen and oxygen atoms in total. The van der Waals surface area contributed by atoms with E-state index in [-0.39, 0.29) is 32.1 Å². The van der Waals surface area contributed by atoms with Gasteiger partial charge in [0.25, 0.3) is 0 Å². The molecule has 0 aliphatic carbocycles. The van der Waals surface area contributed by atoms with Crippen molar-refractivity contribution in [2.45, 2.75) is 59.3 Å². The monoisotopic (exact) mass is 447 g/mol. The summed E-state index contributed by atoms with van der Waals surface area (Å²) in [6.45, 7) is 5.49.